The van der Waals surface area contributed by atoms with E-state index in [0.29, 0.717) is 0 Å². The molecule has 1 atom stereocenters. The van der Waals surface area contributed by atoms with Crippen LogP contribution < -0.4 is 5.32 Å². The normalized spacial score (nSPS) is 24.1. The van der Waals surface area contributed by atoms with Crippen LogP contribution in [0.25, 0.3) is 0 Å². The van der Waals surface area contributed by atoms with Crippen molar-refractivity contribution in [3.05, 3.63) is 35.4 Å². The maximum Gasteiger partial charge on any atom is 0.184 e. The van der Waals surface area contributed by atoms with Crippen molar-refractivity contribution in [2.24, 2.45) is 10.9 Å². The lowest BCUT2D eigenvalue weighted by Crippen LogP contribution is -2.29. The van der Waals surface area contributed by atoms with Crippen LogP contribution in [0.1, 0.15) is 36.5 Å². The number of nitrogens with one attached hydrogen (secondary N) is 1. The Morgan fingerprint density at radius 2 is 2.16 bits per heavy atom. The third-order valence-corrected chi connectivity index (χ3v) is 4.05. The first-order valence-electron chi connectivity index (χ1n) is 7.28. The Labute approximate surface area is 115 Å². The topological polar surface area (TPSA) is 33.6 Å². The summed E-state index contributed by atoms with van der Waals surface area (Å²) in [5, 5.41) is 3.40. The van der Waals surface area contributed by atoms with Crippen LogP contribution in [-0.2, 0) is 4.74 Å². The Balaban J connectivity index is 1.57. The summed E-state index contributed by atoms with van der Waals surface area (Å²) in [6, 6.07) is 8.56. The lowest BCUT2D eigenvalue weighted by Gasteiger charge is -2.22. The Kier molecular flexibility index (Phi) is 3.83. The number of hydrogen-bond donors (Lipinski definition) is 1. The van der Waals surface area contributed by atoms with E-state index in [2.05, 4.69) is 41.5 Å². The summed E-state index contributed by atoms with van der Waals surface area (Å²) in [5.74, 6) is 1.72. The third kappa shape index (κ3) is 3.16. The van der Waals surface area contributed by atoms with Gasteiger partial charge >= 0.3 is 0 Å². The largest absolute Gasteiger partial charge is 0.471 e. The second-order valence-electron chi connectivity index (χ2n) is 5.65. The molecule has 102 valence electrons. The van der Waals surface area contributed by atoms with Gasteiger partial charge in [0.1, 0.15) is 6.10 Å². The van der Waals surface area contributed by atoms with Gasteiger partial charge in [-0.1, -0.05) is 29.8 Å². The van der Waals surface area contributed by atoms with Crippen LogP contribution >= 0.6 is 0 Å². The second kappa shape index (κ2) is 5.74. The number of ether oxygens (including phenoxy) is 1. The molecule has 0 saturated carbocycles. The van der Waals surface area contributed by atoms with Gasteiger partial charge in [-0.15, -0.1) is 0 Å². The molecule has 1 N–H and O–H groups in total. The summed E-state index contributed by atoms with van der Waals surface area (Å²) in [5.41, 5.74) is 2.54. The molecule has 1 aromatic rings. The minimum atomic E-state index is 0.136. The van der Waals surface area contributed by atoms with E-state index in [1.54, 1.807) is 0 Å². The van der Waals surface area contributed by atoms with Crippen molar-refractivity contribution >= 4 is 5.90 Å². The van der Waals surface area contributed by atoms with E-state index in [9.17, 15) is 0 Å². The minimum absolute atomic E-state index is 0.136. The Morgan fingerprint density at radius 3 is 2.95 bits per heavy atom. The second-order valence-corrected chi connectivity index (χ2v) is 5.65. The van der Waals surface area contributed by atoms with Gasteiger partial charge in [-0.05, 0) is 44.3 Å². The Bertz CT molecular complexity index is 464. The van der Waals surface area contributed by atoms with Crippen LogP contribution in [-0.4, -0.2) is 25.5 Å². The highest BCUT2D eigenvalue weighted by Gasteiger charge is 2.24. The van der Waals surface area contributed by atoms with Crippen LogP contribution in [0.4, 0.5) is 0 Å². The molecule has 2 aliphatic heterocycles. The lowest BCUT2D eigenvalue weighted by molar-refractivity contribution is 0.216. The molecule has 1 unspecified atom stereocenters. The summed E-state index contributed by atoms with van der Waals surface area (Å²) >= 11 is 0. The molecule has 0 amide bonds. The number of hydrogen-bond acceptors (Lipinski definition) is 3. The van der Waals surface area contributed by atoms with E-state index in [1.807, 2.05) is 0 Å². The predicted octanol–water partition coefficient (Wildman–Crippen LogP) is 2.85. The van der Waals surface area contributed by atoms with Crippen LogP contribution in [0.2, 0.25) is 0 Å². The molecular weight excluding hydrogens is 236 g/mol. The minimum Gasteiger partial charge on any atom is -0.471 e. The molecule has 3 nitrogen and oxygen atoms in total. The summed E-state index contributed by atoms with van der Waals surface area (Å²) < 4.78 is 6.03. The number of nitrogens with zero attached hydrogens (tertiary/aromatic N) is 1. The first-order valence-corrected chi connectivity index (χ1v) is 7.28. The molecule has 19 heavy (non-hydrogen) atoms. The molecule has 1 saturated heterocycles. The van der Waals surface area contributed by atoms with E-state index >= 15 is 0 Å². The summed E-state index contributed by atoms with van der Waals surface area (Å²) in [6.45, 7) is 5.18. The van der Waals surface area contributed by atoms with E-state index in [4.69, 9.17) is 4.74 Å². The molecule has 3 rings (SSSR count). The molecule has 0 bridgehead atoms. The van der Waals surface area contributed by atoms with Gasteiger partial charge in [0.25, 0.3) is 0 Å². The monoisotopic (exact) mass is 258 g/mol. The van der Waals surface area contributed by atoms with E-state index in [1.165, 1.54) is 24.0 Å². The number of benzene rings is 1. The van der Waals surface area contributed by atoms with Crippen molar-refractivity contribution < 1.29 is 4.74 Å². The van der Waals surface area contributed by atoms with Gasteiger partial charge < -0.3 is 10.1 Å². The van der Waals surface area contributed by atoms with Crippen molar-refractivity contribution in [1.29, 1.82) is 0 Å². The SMILES string of the molecule is Cc1cccc(C2CN=C(CC3CCNCC3)O2)c1. The lowest BCUT2D eigenvalue weighted by atomic mass is 9.95. The average molecular weight is 258 g/mol. The van der Waals surface area contributed by atoms with Crippen LogP contribution in [0.5, 0.6) is 0 Å². The van der Waals surface area contributed by atoms with Crippen molar-refractivity contribution in [3.63, 3.8) is 0 Å². The molecule has 0 aromatic heterocycles. The summed E-state index contributed by atoms with van der Waals surface area (Å²) in [4.78, 5) is 4.59. The maximum absolute atomic E-state index is 6.03. The molecule has 0 aliphatic carbocycles. The summed E-state index contributed by atoms with van der Waals surface area (Å²) in [7, 11) is 0. The zero-order valence-electron chi connectivity index (χ0n) is 11.6. The van der Waals surface area contributed by atoms with Crippen molar-refractivity contribution in [2.75, 3.05) is 19.6 Å². The Morgan fingerprint density at radius 1 is 1.32 bits per heavy atom. The Hall–Kier alpha value is -1.35. The van der Waals surface area contributed by atoms with Crippen molar-refractivity contribution in [3.8, 4) is 0 Å². The molecular formula is C16H22N2O. The van der Waals surface area contributed by atoms with Gasteiger partial charge in [-0.3, -0.25) is 4.99 Å². The van der Waals surface area contributed by atoms with Gasteiger partial charge in [0.15, 0.2) is 5.90 Å². The van der Waals surface area contributed by atoms with Gasteiger partial charge in [-0.2, -0.15) is 0 Å². The summed E-state index contributed by atoms with van der Waals surface area (Å²) in [6.07, 6.45) is 3.65. The highest BCUT2D eigenvalue weighted by atomic mass is 16.5. The zero-order valence-corrected chi connectivity index (χ0v) is 11.6. The zero-order chi connectivity index (χ0) is 13.1. The van der Waals surface area contributed by atoms with Crippen LogP contribution in [0, 0.1) is 12.8 Å². The fourth-order valence-electron chi connectivity index (χ4n) is 2.91. The number of piperidine rings is 1. The van der Waals surface area contributed by atoms with Gasteiger partial charge in [0.05, 0.1) is 6.54 Å². The molecule has 1 fully saturated rings. The van der Waals surface area contributed by atoms with E-state index < -0.39 is 0 Å². The molecule has 2 aliphatic rings. The first kappa shape index (κ1) is 12.7. The maximum atomic E-state index is 6.03. The number of aryl methyl sites for hydroxylation is 1. The third-order valence-electron chi connectivity index (χ3n) is 4.05. The quantitative estimate of drug-likeness (QED) is 0.904. The van der Waals surface area contributed by atoms with E-state index in [0.717, 1.165) is 37.9 Å². The van der Waals surface area contributed by atoms with Crippen molar-refractivity contribution in [2.45, 2.75) is 32.3 Å². The number of aliphatic imine (C=N–C) groups is 1. The van der Waals surface area contributed by atoms with Gasteiger partial charge in [0.2, 0.25) is 0 Å². The fourth-order valence-corrected chi connectivity index (χ4v) is 2.91. The van der Waals surface area contributed by atoms with Crippen LogP contribution in [0.15, 0.2) is 29.3 Å². The predicted molar refractivity (Wildman–Crippen MR) is 77.5 cm³/mol. The molecule has 0 radical (unpaired) electrons. The highest BCUT2D eigenvalue weighted by Crippen LogP contribution is 2.27. The highest BCUT2D eigenvalue weighted by molar-refractivity contribution is 5.78. The molecule has 2 heterocycles. The van der Waals surface area contributed by atoms with E-state index in [-0.39, 0.29) is 6.10 Å². The number of rotatable bonds is 3. The van der Waals surface area contributed by atoms with Crippen LogP contribution in [0.3, 0.4) is 0 Å². The van der Waals surface area contributed by atoms with Gasteiger partial charge in [-0.25, -0.2) is 0 Å². The average Bonchev–Trinajstić information content (AvgIpc) is 2.88. The van der Waals surface area contributed by atoms with Crippen molar-refractivity contribution in [1.82, 2.24) is 5.32 Å². The first-order chi connectivity index (χ1) is 9.31. The molecule has 0 spiro atoms. The molecule has 3 heteroatoms. The fraction of sp³-hybridized carbons (Fsp3) is 0.562. The standard InChI is InChI=1S/C16H22N2O/c1-12-3-2-4-14(9-12)15-11-18-16(19-15)10-13-5-7-17-8-6-13/h2-4,9,13,15,17H,5-8,10-11H2,1H3. The van der Waals surface area contributed by atoms with Gasteiger partial charge in [0, 0.05) is 6.42 Å². The molecule has 1 aromatic carbocycles. The smallest absolute Gasteiger partial charge is 0.184 e.